The van der Waals surface area contributed by atoms with Gasteiger partial charge in [-0.3, -0.25) is 14.5 Å². The van der Waals surface area contributed by atoms with Crippen LogP contribution >= 0.6 is 23.1 Å². The molecule has 1 unspecified atom stereocenters. The van der Waals surface area contributed by atoms with E-state index in [1.807, 2.05) is 6.92 Å². The summed E-state index contributed by atoms with van der Waals surface area (Å²) in [5, 5.41) is 20.0. The number of aryl methyl sites for hydroxylation is 1. The fraction of sp³-hybridized carbons (Fsp3) is 0.200. The van der Waals surface area contributed by atoms with Crippen molar-refractivity contribution < 1.29 is 33.3 Å². The number of aliphatic hydroxyl groups is 1. The van der Waals surface area contributed by atoms with Gasteiger partial charge in [-0.05, 0) is 42.3 Å². The van der Waals surface area contributed by atoms with Gasteiger partial charge in [0.1, 0.15) is 11.6 Å². The molecule has 1 aliphatic heterocycles. The summed E-state index contributed by atoms with van der Waals surface area (Å²) in [4.78, 5) is 28.4. The molecule has 0 radical (unpaired) electrons. The minimum Gasteiger partial charge on any atom is -0.507 e. The highest BCUT2D eigenvalue weighted by atomic mass is 32.2. The zero-order chi connectivity index (χ0) is 30.0. The van der Waals surface area contributed by atoms with Crippen LogP contribution in [0.2, 0.25) is 0 Å². The number of carbonyl (C=O) groups excluding carboxylic acids is 2. The Kier molecular flexibility index (Phi) is 8.46. The summed E-state index contributed by atoms with van der Waals surface area (Å²) in [5.41, 5.74) is 2.53. The monoisotopic (exact) mass is 607 g/mol. The van der Waals surface area contributed by atoms with Gasteiger partial charge in [0.25, 0.3) is 5.78 Å². The van der Waals surface area contributed by atoms with Crippen molar-refractivity contribution in [3.8, 4) is 17.2 Å². The van der Waals surface area contributed by atoms with Gasteiger partial charge in [-0.1, -0.05) is 65.1 Å². The number of amides is 1. The third-order valence-corrected chi connectivity index (χ3v) is 8.78. The Labute approximate surface area is 249 Å². The van der Waals surface area contributed by atoms with E-state index in [0.29, 0.717) is 38.5 Å². The molecule has 4 aromatic rings. The van der Waals surface area contributed by atoms with Gasteiger partial charge in [0.2, 0.25) is 10.9 Å². The fourth-order valence-corrected chi connectivity index (χ4v) is 6.38. The minimum absolute atomic E-state index is 0.117. The topological polar surface area (TPSA) is 111 Å². The van der Waals surface area contributed by atoms with Crippen LogP contribution in [0.5, 0.6) is 17.2 Å². The molecular formula is C30H26FN3O6S2. The van der Waals surface area contributed by atoms with Crippen LogP contribution < -0.4 is 19.1 Å². The average molecular weight is 608 g/mol. The molecule has 1 aromatic heterocycles. The van der Waals surface area contributed by atoms with Crippen LogP contribution in [0.15, 0.2) is 70.6 Å². The zero-order valence-corrected chi connectivity index (χ0v) is 24.7. The number of benzene rings is 3. The minimum atomic E-state index is -1.08. The van der Waals surface area contributed by atoms with E-state index in [9.17, 15) is 19.1 Å². The maximum Gasteiger partial charge on any atom is 0.301 e. The Balaban J connectivity index is 1.61. The SMILES string of the molecule is COc1cc(C2/C(=C(/O)c3ccc(C)cc3)C(=O)C(=O)N2c2nnc(SCc3ccc(F)cc3)s2)cc(OC)c1OC. The highest BCUT2D eigenvalue weighted by Gasteiger charge is 2.49. The first-order valence-corrected chi connectivity index (χ1v) is 14.4. The van der Waals surface area contributed by atoms with Crippen molar-refractivity contribution in [3.63, 3.8) is 0 Å². The van der Waals surface area contributed by atoms with Crippen molar-refractivity contribution in [2.24, 2.45) is 0 Å². The first-order chi connectivity index (χ1) is 20.2. The van der Waals surface area contributed by atoms with Crippen LogP contribution in [0.1, 0.15) is 28.3 Å². The molecule has 1 saturated heterocycles. The molecule has 1 N–H and O–H groups in total. The van der Waals surface area contributed by atoms with Gasteiger partial charge >= 0.3 is 5.91 Å². The van der Waals surface area contributed by atoms with Crippen LogP contribution in [0, 0.1) is 12.7 Å². The van der Waals surface area contributed by atoms with E-state index < -0.39 is 17.7 Å². The van der Waals surface area contributed by atoms with Crippen LogP contribution in [0.25, 0.3) is 5.76 Å². The maximum atomic E-state index is 13.6. The maximum absolute atomic E-state index is 13.6. The smallest absolute Gasteiger partial charge is 0.301 e. The van der Waals surface area contributed by atoms with E-state index in [4.69, 9.17) is 14.2 Å². The second kappa shape index (κ2) is 12.2. The Bertz CT molecular complexity index is 1650. The molecule has 3 aromatic carbocycles. The zero-order valence-electron chi connectivity index (χ0n) is 23.1. The number of anilines is 1. The van der Waals surface area contributed by atoms with Gasteiger partial charge < -0.3 is 19.3 Å². The van der Waals surface area contributed by atoms with E-state index in [1.54, 1.807) is 48.5 Å². The van der Waals surface area contributed by atoms with Gasteiger partial charge in [-0.25, -0.2) is 4.39 Å². The van der Waals surface area contributed by atoms with Gasteiger partial charge in [0.05, 0.1) is 32.9 Å². The van der Waals surface area contributed by atoms with Crippen LogP contribution in [-0.4, -0.2) is 48.3 Å². The summed E-state index contributed by atoms with van der Waals surface area (Å²) in [5.74, 6) is -0.955. The van der Waals surface area contributed by atoms with Gasteiger partial charge in [-0.15, -0.1) is 10.2 Å². The van der Waals surface area contributed by atoms with Crippen molar-refractivity contribution in [1.29, 1.82) is 0 Å². The molecule has 12 heteroatoms. The molecule has 42 heavy (non-hydrogen) atoms. The predicted octanol–water partition coefficient (Wildman–Crippen LogP) is 5.93. The summed E-state index contributed by atoms with van der Waals surface area (Å²) < 4.78 is 30.3. The van der Waals surface area contributed by atoms with Crippen LogP contribution in [0.3, 0.4) is 0 Å². The molecule has 0 aliphatic carbocycles. The normalized spacial score (nSPS) is 16.1. The number of ketones is 1. The van der Waals surface area contributed by atoms with E-state index in [-0.39, 0.29) is 22.3 Å². The Morgan fingerprint density at radius 3 is 2.21 bits per heavy atom. The van der Waals surface area contributed by atoms with Gasteiger partial charge in [-0.2, -0.15) is 0 Å². The summed E-state index contributed by atoms with van der Waals surface area (Å²) in [6.45, 7) is 1.90. The summed E-state index contributed by atoms with van der Waals surface area (Å²) in [7, 11) is 4.38. The van der Waals surface area contributed by atoms with E-state index >= 15 is 0 Å². The second-order valence-electron chi connectivity index (χ2n) is 9.26. The number of rotatable bonds is 9. The summed E-state index contributed by atoms with van der Waals surface area (Å²) in [6.07, 6.45) is 0. The molecule has 1 amide bonds. The average Bonchev–Trinajstić information content (AvgIpc) is 3.57. The number of aliphatic hydroxyl groups excluding tert-OH is 1. The largest absolute Gasteiger partial charge is 0.507 e. The van der Waals surface area contributed by atoms with Crippen molar-refractivity contribution >= 4 is 45.7 Å². The van der Waals surface area contributed by atoms with Crippen molar-refractivity contribution in [1.82, 2.24) is 10.2 Å². The lowest BCUT2D eigenvalue weighted by Gasteiger charge is -2.24. The third kappa shape index (κ3) is 5.55. The van der Waals surface area contributed by atoms with Crippen LogP contribution in [-0.2, 0) is 15.3 Å². The lowest BCUT2D eigenvalue weighted by Crippen LogP contribution is -2.29. The van der Waals surface area contributed by atoms with E-state index in [1.165, 1.54) is 50.1 Å². The first-order valence-electron chi connectivity index (χ1n) is 12.6. The second-order valence-corrected chi connectivity index (χ2v) is 11.4. The van der Waals surface area contributed by atoms with Crippen molar-refractivity contribution in [3.05, 3.63) is 94.3 Å². The first kappa shape index (κ1) is 29.1. The Hall–Kier alpha value is -4.42. The van der Waals surface area contributed by atoms with Crippen molar-refractivity contribution in [2.45, 2.75) is 23.1 Å². The molecule has 9 nitrogen and oxygen atoms in total. The molecule has 5 rings (SSSR count). The fourth-order valence-electron chi connectivity index (χ4n) is 4.56. The van der Waals surface area contributed by atoms with E-state index in [0.717, 1.165) is 22.5 Å². The van der Waals surface area contributed by atoms with Gasteiger partial charge in [0.15, 0.2) is 15.8 Å². The number of Topliss-reactive ketones (excluding diaryl/α,β-unsaturated/α-hetero) is 1. The third-order valence-electron chi connectivity index (χ3n) is 6.65. The van der Waals surface area contributed by atoms with Crippen LogP contribution in [0.4, 0.5) is 9.52 Å². The Morgan fingerprint density at radius 1 is 0.976 bits per heavy atom. The predicted molar refractivity (Wildman–Crippen MR) is 158 cm³/mol. The lowest BCUT2D eigenvalue weighted by molar-refractivity contribution is -0.132. The molecule has 0 spiro atoms. The number of ether oxygens (including phenoxy) is 3. The molecule has 0 bridgehead atoms. The summed E-state index contributed by atoms with van der Waals surface area (Å²) in [6, 6.07) is 15.2. The molecule has 1 atom stereocenters. The highest BCUT2D eigenvalue weighted by Crippen LogP contribution is 2.48. The summed E-state index contributed by atoms with van der Waals surface area (Å²) >= 11 is 2.49. The molecule has 1 aliphatic rings. The standard InChI is InChI=1S/C30H26FN3O6S2/c1-16-5-9-18(10-6-16)25(35)23-24(19-13-21(38-2)27(40-4)22(14-19)39-3)34(28(37)26(23)36)29-32-33-30(42-29)41-15-17-7-11-20(31)12-8-17/h5-14,24,35H,15H2,1-4H3/b25-23-. The number of carbonyl (C=O) groups is 2. The molecule has 1 fully saturated rings. The number of hydrogen-bond donors (Lipinski definition) is 1. The number of methoxy groups -OCH3 is 3. The number of halogens is 1. The number of thioether (sulfide) groups is 1. The van der Waals surface area contributed by atoms with Gasteiger partial charge in [0, 0.05) is 11.3 Å². The van der Waals surface area contributed by atoms with E-state index in [2.05, 4.69) is 10.2 Å². The molecule has 216 valence electrons. The molecule has 0 saturated carbocycles. The lowest BCUT2D eigenvalue weighted by atomic mass is 9.94. The number of aromatic nitrogens is 2. The van der Waals surface area contributed by atoms with Crippen molar-refractivity contribution in [2.75, 3.05) is 26.2 Å². The number of nitrogens with zero attached hydrogens (tertiary/aromatic N) is 3. The quantitative estimate of drug-likeness (QED) is 0.0814. The Morgan fingerprint density at radius 2 is 1.62 bits per heavy atom. The highest BCUT2D eigenvalue weighted by molar-refractivity contribution is 8.00. The number of hydrogen-bond acceptors (Lipinski definition) is 10. The molecule has 2 heterocycles. The molecular weight excluding hydrogens is 581 g/mol.